The number of carboxylic acids is 2. The Morgan fingerprint density at radius 3 is 1.59 bits per heavy atom. The molecule has 44 heavy (non-hydrogen) atoms. The van der Waals surface area contributed by atoms with Gasteiger partial charge in [0, 0.05) is 81.5 Å². The van der Waals surface area contributed by atoms with E-state index in [9.17, 15) is 29.4 Å². The number of allylic oxidation sites excluding steroid dienone is 2. The number of aromatic amines is 2. The summed E-state index contributed by atoms with van der Waals surface area (Å²) in [7, 11) is 0. The maximum absolute atomic E-state index is 12.3. The number of hydrogen-bond acceptors (Lipinski definition) is 4. The number of hydrogen-bond donors (Lipinski definition) is 6. The molecule has 2 aromatic heterocycles. The zero-order valence-corrected chi connectivity index (χ0v) is 26.3. The number of amides is 2. The minimum absolute atomic E-state index is 0. The smallest absolute Gasteiger partial charge is 0.303 e. The van der Waals surface area contributed by atoms with Crippen LogP contribution in [0.3, 0.4) is 0 Å². The minimum atomic E-state index is -0.922. The van der Waals surface area contributed by atoms with E-state index in [1.54, 1.807) is 13.0 Å². The average molecular weight is 640 g/mol. The minimum Gasteiger partial charge on any atom is -0.481 e. The summed E-state index contributed by atoms with van der Waals surface area (Å²) in [5.74, 6) is -2.28. The van der Waals surface area contributed by atoms with Crippen molar-refractivity contribution in [2.75, 3.05) is 0 Å². The molecule has 2 aliphatic rings. The Hall–Kier alpha value is -4.60. The second kappa shape index (κ2) is 13.8. The van der Waals surface area contributed by atoms with Crippen LogP contribution in [-0.4, -0.2) is 43.9 Å². The molecule has 4 heterocycles. The van der Waals surface area contributed by atoms with Crippen molar-refractivity contribution in [3.8, 4) is 0 Å². The van der Waals surface area contributed by atoms with E-state index in [1.807, 2.05) is 32.9 Å². The summed E-state index contributed by atoms with van der Waals surface area (Å²) in [6.07, 6.45) is 7.58. The number of carbonyl (C=O) groups excluding carboxylic acids is 2. The Kier molecular flexibility index (Phi) is 10.6. The monoisotopic (exact) mass is 639 g/mol. The molecule has 0 unspecified atom stereocenters. The van der Waals surface area contributed by atoms with Gasteiger partial charge in [0.25, 0.3) is 11.8 Å². The van der Waals surface area contributed by atoms with Gasteiger partial charge in [-0.2, -0.15) is 0 Å². The molecule has 4 rings (SSSR count). The summed E-state index contributed by atoms with van der Waals surface area (Å²) in [6.45, 7) is 14.9. The molecule has 2 aromatic rings. The van der Waals surface area contributed by atoms with Crippen LogP contribution >= 0.6 is 0 Å². The maximum atomic E-state index is 12.3. The second-order valence-corrected chi connectivity index (χ2v) is 10.7. The summed E-state index contributed by atoms with van der Waals surface area (Å²) < 4.78 is 0. The molecule has 0 spiro atoms. The van der Waals surface area contributed by atoms with Crippen LogP contribution in [0.2, 0.25) is 0 Å². The molecule has 0 fully saturated rings. The Bertz CT molecular complexity index is 1710. The van der Waals surface area contributed by atoms with Crippen LogP contribution in [0.15, 0.2) is 59.0 Å². The van der Waals surface area contributed by atoms with Crippen molar-refractivity contribution < 1.29 is 46.5 Å². The Morgan fingerprint density at radius 1 is 0.705 bits per heavy atom. The van der Waals surface area contributed by atoms with Gasteiger partial charge in [-0.1, -0.05) is 25.3 Å². The first-order chi connectivity index (χ1) is 20.4. The Balaban J connectivity index is 0.00000529. The first-order valence-electron chi connectivity index (χ1n) is 13.9. The van der Waals surface area contributed by atoms with Crippen LogP contribution in [0.4, 0.5) is 0 Å². The molecule has 0 aliphatic carbocycles. The number of aromatic nitrogens is 2. The molecule has 11 heteroatoms. The molecule has 0 saturated carbocycles. The van der Waals surface area contributed by atoms with Crippen molar-refractivity contribution in [3.63, 3.8) is 0 Å². The van der Waals surface area contributed by atoms with Crippen molar-refractivity contribution in [3.05, 3.63) is 104 Å². The fraction of sp³-hybridized carbons (Fsp3) is 0.273. The van der Waals surface area contributed by atoms with Gasteiger partial charge < -0.3 is 30.8 Å². The topological polar surface area (TPSA) is 164 Å². The number of rotatable bonds is 12. The molecule has 6 N–H and O–H groups in total. The molecule has 0 atom stereocenters. The van der Waals surface area contributed by atoms with E-state index in [1.165, 1.54) is 6.08 Å². The van der Waals surface area contributed by atoms with Gasteiger partial charge >= 0.3 is 11.9 Å². The Labute approximate surface area is 266 Å². The van der Waals surface area contributed by atoms with Crippen LogP contribution in [0, 0.1) is 13.8 Å². The van der Waals surface area contributed by atoms with Crippen LogP contribution in [-0.2, 0) is 55.5 Å². The SMILES string of the molecule is C=CC1=C(C)/C(=C/c2[nH]c(Cc3[nH]c(/C=C4\NC(=O)C(C)=C4C=C)c(C)c3CCC(=O)O)c(CCC(=O)O)c2C)NC1=O.[Mn]. The third-order valence-corrected chi connectivity index (χ3v) is 8.11. The van der Waals surface area contributed by atoms with Gasteiger partial charge in [0.05, 0.1) is 5.70 Å². The van der Waals surface area contributed by atoms with Gasteiger partial charge in [-0.05, 0) is 80.5 Å². The molecule has 10 nitrogen and oxygen atoms in total. The van der Waals surface area contributed by atoms with E-state index in [4.69, 9.17) is 0 Å². The van der Waals surface area contributed by atoms with Crippen molar-refractivity contribution in [2.45, 2.75) is 59.8 Å². The van der Waals surface area contributed by atoms with Crippen molar-refractivity contribution in [1.82, 2.24) is 20.6 Å². The van der Waals surface area contributed by atoms with E-state index in [0.29, 0.717) is 34.5 Å². The largest absolute Gasteiger partial charge is 0.481 e. The molecule has 1 radical (unpaired) electrons. The summed E-state index contributed by atoms with van der Waals surface area (Å²) >= 11 is 0. The quantitative estimate of drug-likeness (QED) is 0.187. The summed E-state index contributed by atoms with van der Waals surface area (Å²) in [5.41, 5.74) is 10.2. The zero-order chi connectivity index (χ0) is 31.6. The second-order valence-electron chi connectivity index (χ2n) is 10.7. The Morgan fingerprint density at radius 2 is 1.16 bits per heavy atom. The van der Waals surface area contributed by atoms with E-state index < -0.39 is 11.9 Å². The maximum Gasteiger partial charge on any atom is 0.303 e. The normalized spacial score (nSPS) is 16.5. The molecule has 2 amide bonds. The number of carbonyl (C=O) groups is 4. The summed E-state index contributed by atoms with van der Waals surface area (Å²) in [4.78, 5) is 54.5. The van der Waals surface area contributed by atoms with Crippen LogP contribution in [0.25, 0.3) is 12.2 Å². The summed E-state index contributed by atoms with van der Waals surface area (Å²) in [6, 6.07) is 0. The number of nitrogens with one attached hydrogen (secondary N) is 4. The molecule has 0 bridgehead atoms. The predicted octanol–water partition coefficient (Wildman–Crippen LogP) is 4.53. The number of carboxylic acid groups (broad SMARTS) is 2. The van der Waals surface area contributed by atoms with Crippen molar-refractivity contribution >= 4 is 35.9 Å². The predicted molar refractivity (Wildman–Crippen MR) is 164 cm³/mol. The first kappa shape index (κ1) is 33.9. The van der Waals surface area contributed by atoms with E-state index >= 15 is 0 Å². The van der Waals surface area contributed by atoms with E-state index in [0.717, 1.165) is 50.6 Å². The van der Waals surface area contributed by atoms with Gasteiger partial charge in [-0.25, -0.2) is 0 Å². The molecule has 0 aromatic carbocycles. The van der Waals surface area contributed by atoms with Crippen LogP contribution in [0.1, 0.15) is 71.7 Å². The van der Waals surface area contributed by atoms with Gasteiger partial charge in [0.1, 0.15) is 0 Å². The van der Waals surface area contributed by atoms with Crippen molar-refractivity contribution in [2.24, 2.45) is 0 Å². The summed E-state index contributed by atoms with van der Waals surface area (Å²) in [5, 5.41) is 24.6. The number of H-pyrrole nitrogens is 2. The molecule has 2 aliphatic heterocycles. The van der Waals surface area contributed by atoms with Crippen LogP contribution < -0.4 is 10.6 Å². The van der Waals surface area contributed by atoms with Gasteiger partial charge in [0.2, 0.25) is 0 Å². The number of aliphatic carboxylic acids is 2. The fourth-order valence-corrected chi connectivity index (χ4v) is 5.61. The third kappa shape index (κ3) is 6.79. The fourth-order valence-electron chi connectivity index (χ4n) is 5.61. The molecule has 0 saturated heterocycles. The molecular weight excluding hydrogens is 603 g/mol. The van der Waals surface area contributed by atoms with E-state index in [-0.39, 0.29) is 54.6 Å². The van der Waals surface area contributed by atoms with E-state index in [2.05, 4.69) is 33.8 Å². The average Bonchev–Trinajstić information content (AvgIpc) is 3.59. The zero-order valence-electron chi connectivity index (χ0n) is 25.2. The van der Waals surface area contributed by atoms with Gasteiger partial charge in [0.15, 0.2) is 0 Å². The van der Waals surface area contributed by atoms with Gasteiger partial charge in [-0.3, -0.25) is 19.2 Å². The molecular formula is C33H36MnN4O6. The van der Waals surface area contributed by atoms with Gasteiger partial charge in [-0.15, -0.1) is 0 Å². The molecule has 231 valence electrons. The standard InChI is InChI=1S/C33H36N4O6.Mn/c1-7-20-19(6)32(42)37-27(20)14-25-18(5)23(10-12-31(40)41)29(35-25)15-28-22(9-11-30(38)39)17(4)24(34-28)13-26-16(3)21(8-2)33(43)36-26;/h7-8,13-14,34-35H,1-2,9-12,15H2,3-6H3,(H,36,43)(H,37,42)(H,38,39)(H,40,41);/b26-13-,27-14-;. The van der Waals surface area contributed by atoms with Crippen LogP contribution in [0.5, 0.6) is 0 Å². The third-order valence-electron chi connectivity index (χ3n) is 8.11. The van der Waals surface area contributed by atoms with Crippen molar-refractivity contribution in [1.29, 1.82) is 0 Å². The first-order valence-corrected chi connectivity index (χ1v) is 13.9.